The summed E-state index contributed by atoms with van der Waals surface area (Å²) < 4.78 is 11.9. The van der Waals surface area contributed by atoms with E-state index in [1.54, 1.807) is 30.8 Å². The van der Waals surface area contributed by atoms with E-state index in [2.05, 4.69) is 10.6 Å². The van der Waals surface area contributed by atoms with Crippen molar-refractivity contribution < 1.29 is 52.9 Å². The maximum atomic E-state index is 14.6. The van der Waals surface area contributed by atoms with Crippen LogP contribution >= 0.6 is 0 Å². The third-order valence-electron chi connectivity index (χ3n) is 13.5. The van der Waals surface area contributed by atoms with Crippen LogP contribution in [0.2, 0.25) is 0 Å². The summed E-state index contributed by atoms with van der Waals surface area (Å²) in [5.41, 5.74) is 1.80. The molecule has 1 saturated heterocycles. The molecule has 2 aliphatic rings. The lowest BCUT2D eigenvalue weighted by Gasteiger charge is -2.41. The summed E-state index contributed by atoms with van der Waals surface area (Å²) in [6.45, 7) is 15.6. The number of ether oxygens (including phenoxy) is 2. The third-order valence-corrected chi connectivity index (χ3v) is 13.5. The molecule has 1 aromatic rings. The molecule has 0 spiro atoms. The zero-order valence-corrected chi connectivity index (χ0v) is 41.9. The SMILES string of the molecule is CCC(C)C(C(CC(=O)N1CCC[C@H]1C(OC)C(C)C(=O)NC(Cc1ccc(C)cc1)C(=O)O)OC)N(C)C(=O)C(NC(=O)C(C(C)C)N(C)C(=O)CCCCCN1C(=O)C=CC1=O)C(C)C. The first-order chi connectivity index (χ1) is 31.6. The van der Waals surface area contributed by atoms with Gasteiger partial charge in [0.2, 0.25) is 29.5 Å². The van der Waals surface area contributed by atoms with E-state index in [1.165, 1.54) is 36.2 Å². The van der Waals surface area contributed by atoms with Crippen LogP contribution in [0.5, 0.6) is 0 Å². The van der Waals surface area contributed by atoms with Gasteiger partial charge in [0.1, 0.15) is 18.1 Å². The van der Waals surface area contributed by atoms with Crippen LogP contribution in [0, 0.1) is 30.6 Å². The highest BCUT2D eigenvalue weighted by Crippen LogP contribution is 2.30. The number of carboxylic acid groups (broad SMARTS) is 1. The number of carboxylic acids is 1. The van der Waals surface area contributed by atoms with Crippen molar-refractivity contribution in [3.63, 3.8) is 0 Å². The van der Waals surface area contributed by atoms with Crippen LogP contribution in [-0.2, 0) is 54.3 Å². The fourth-order valence-electron chi connectivity index (χ4n) is 9.37. The summed E-state index contributed by atoms with van der Waals surface area (Å²) in [5.74, 6) is -5.24. The van der Waals surface area contributed by atoms with Gasteiger partial charge in [0, 0.05) is 66.4 Å². The molecule has 7 amide bonds. The van der Waals surface area contributed by atoms with Crippen molar-refractivity contribution >= 4 is 47.3 Å². The van der Waals surface area contributed by atoms with Crippen molar-refractivity contribution in [3.05, 3.63) is 47.5 Å². The number of aliphatic carboxylic acids is 1. The van der Waals surface area contributed by atoms with Crippen molar-refractivity contribution in [2.45, 2.75) is 156 Å². The summed E-state index contributed by atoms with van der Waals surface area (Å²) >= 11 is 0. The summed E-state index contributed by atoms with van der Waals surface area (Å²) in [7, 11) is 6.21. The number of likely N-dealkylation sites (tertiary alicyclic amines) is 1. The molecule has 8 unspecified atom stereocenters. The Kier molecular flexibility index (Phi) is 22.1. The van der Waals surface area contributed by atoms with Gasteiger partial charge in [-0.2, -0.15) is 0 Å². The topological polar surface area (TPSA) is 212 Å². The second-order valence-electron chi connectivity index (χ2n) is 19.1. The Bertz CT molecular complexity index is 1890. The number of unbranched alkanes of at least 4 members (excludes halogenated alkanes) is 2. The lowest BCUT2D eigenvalue weighted by atomic mass is 9.89. The highest BCUT2D eigenvalue weighted by Gasteiger charge is 2.44. The van der Waals surface area contributed by atoms with Gasteiger partial charge in [0.05, 0.1) is 36.6 Å². The van der Waals surface area contributed by atoms with Crippen molar-refractivity contribution in [2.75, 3.05) is 41.4 Å². The smallest absolute Gasteiger partial charge is 0.326 e. The minimum Gasteiger partial charge on any atom is -0.480 e. The zero-order chi connectivity index (χ0) is 50.3. The molecule has 0 saturated carbocycles. The highest BCUT2D eigenvalue weighted by atomic mass is 16.5. The lowest BCUT2D eigenvalue weighted by Crippen LogP contribution is -2.60. The molecule has 17 nitrogen and oxygen atoms in total. The number of benzene rings is 1. The van der Waals surface area contributed by atoms with Gasteiger partial charge in [-0.05, 0) is 55.9 Å². The molecule has 374 valence electrons. The number of carbonyl (C=O) groups is 8. The quantitative estimate of drug-likeness (QED) is 0.0843. The summed E-state index contributed by atoms with van der Waals surface area (Å²) in [5, 5.41) is 15.6. The number of likely N-dealkylation sites (N-methyl/N-ethyl adjacent to an activating group) is 2. The maximum absolute atomic E-state index is 14.6. The minimum atomic E-state index is -1.16. The monoisotopic (exact) mass is 939 g/mol. The number of methoxy groups -OCH3 is 2. The van der Waals surface area contributed by atoms with E-state index in [0.29, 0.717) is 45.1 Å². The molecule has 17 heteroatoms. The average molecular weight is 939 g/mol. The predicted molar refractivity (Wildman–Crippen MR) is 253 cm³/mol. The van der Waals surface area contributed by atoms with Gasteiger partial charge in [-0.15, -0.1) is 0 Å². The fourth-order valence-corrected chi connectivity index (χ4v) is 9.37. The molecule has 0 radical (unpaired) electrons. The molecule has 2 aliphatic heterocycles. The normalized spacial score (nSPS) is 18.6. The van der Waals surface area contributed by atoms with E-state index < -0.39 is 66.1 Å². The van der Waals surface area contributed by atoms with Gasteiger partial charge in [-0.1, -0.05) is 91.1 Å². The van der Waals surface area contributed by atoms with Crippen LogP contribution in [0.15, 0.2) is 36.4 Å². The molecular weight excluding hydrogens is 861 g/mol. The second kappa shape index (κ2) is 26.4. The highest BCUT2D eigenvalue weighted by molar-refractivity contribution is 6.12. The van der Waals surface area contributed by atoms with Crippen molar-refractivity contribution in [2.24, 2.45) is 23.7 Å². The first-order valence-electron chi connectivity index (χ1n) is 23.9. The molecule has 1 aromatic carbocycles. The standard InChI is InChI=1S/C50H78N6O11/c1-13-33(7)45(54(10)49(63)43(30(2)3)52-48(62)44(31(4)5)53(9)39(57)19-15-14-16-26-56-40(58)24-25-41(56)59)38(66-11)29-42(60)55-27-17-18-37(55)46(67-12)34(8)47(61)51-36(50(64)65)28-35-22-20-32(6)21-23-35/h20-25,30-31,33-34,36-38,43-46H,13-19,26-29H2,1-12H3,(H,51,61)(H,52,62)(H,64,65)/t33?,34?,36?,37-,38?,43?,44?,45?,46?/m0/s1. The number of hydrogen-bond acceptors (Lipinski definition) is 10. The molecule has 9 atom stereocenters. The van der Waals surface area contributed by atoms with Crippen LogP contribution < -0.4 is 10.6 Å². The van der Waals surface area contributed by atoms with Crippen LogP contribution in [-0.4, -0.2) is 156 Å². The number of rotatable bonds is 27. The molecular formula is C50H78N6O11. The third kappa shape index (κ3) is 15.2. The number of nitrogens with zero attached hydrogens (tertiary/aromatic N) is 4. The number of amides is 7. The van der Waals surface area contributed by atoms with Gasteiger partial charge >= 0.3 is 5.97 Å². The molecule has 3 rings (SSSR count). The Morgan fingerprint density at radius 1 is 0.836 bits per heavy atom. The van der Waals surface area contributed by atoms with Gasteiger partial charge in [0.25, 0.3) is 11.8 Å². The molecule has 0 aliphatic carbocycles. The van der Waals surface area contributed by atoms with E-state index in [4.69, 9.17) is 9.47 Å². The van der Waals surface area contributed by atoms with E-state index in [9.17, 15) is 43.5 Å². The second-order valence-corrected chi connectivity index (χ2v) is 19.1. The first kappa shape index (κ1) is 56.2. The van der Waals surface area contributed by atoms with Gasteiger partial charge < -0.3 is 39.9 Å². The molecule has 3 N–H and O–H groups in total. The maximum Gasteiger partial charge on any atom is 0.326 e. The first-order valence-corrected chi connectivity index (χ1v) is 23.9. The Morgan fingerprint density at radius 3 is 2.00 bits per heavy atom. The van der Waals surface area contributed by atoms with E-state index in [0.717, 1.165) is 11.1 Å². The molecule has 0 aromatic heterocycles. The molecule has 67 heavy (non-hydrogen) atoms. The Hall–Kier alpha value is -5.16. The Morgan fingerprint density at radius 2 is 1.46 bits per heavy atom. The Labute approximate surface area is 397 Å². The van der Waals surface area contributed by atoms with Gasteiger partial charge in [-0.25, -0.2) is 4.79 Å². The molecule has 1 fully saturated rings. The van der Waals surface area contributed by atoms with Gasteiger partial charge in [0.15, 0.2) is 0 Å². The van der Waals surface area contributed by atoms with E-state index in [1.807, 2.05) is 72.7 Å². The number of imide groups is 1. The van der Waals surface area contributed by atoms with Crippen LogP contribution in [0.4, 0.5) is 0 Å². The molecule has 2 heterocycles. The van der Waals surface area contributed by atoms with E-state index >= 15 is 0 Å². The molecule has 0 bridgehead atoms. The zero-order valence-electron chi connectivity index (χ0n) is 41.9. The number of carbonyl (C=O) groups excluding carboxylic acids is 7. The predicted octanol–water partition coefficient (Wildman–Crippen LogP) is 4.14. The summed E-state index contributed by atoms with van der Waals surface area (Å²) in [6, 6.07) is 3.37. The largest absolute Gasteiger partial charge is 0.480 e. The summed E-state index contributed by atoms with van der Waals surface area (Å²) in [4.78, 5) is 112. The number of hydrogen-bond donors (Lipinski definition) is 3. The number of aryl methyl sites for hydroxylation is 1. The summed E-state index contributed by atoms with van der Waals surface area (Å²) in [6.07, 6.45) is 4.71. The Balaban J connectivity index is 1.71. The minimum absolute atomic E-state index is 0.0823. The average Bonchev–Trinajstić information content (AvgIpc) is 3.90. The van der Waals surface area contributed by atoms with Crippen molar-refractivity contribution in [3.8, 4) is 0 Å². The van der Waals surface area contributed by atoms with E-state index in [-0.39, 0.29) is 73.1 Å². The van der Waals surface area contributed by atoms with Crippen LogP contribution in [0.25, 0.3) is 0 Å². The fraction of sp³-hybridized carbons (Fsp3) is 0.680. The lowest BCUT2D eigenvalue weighted by molar-refractivity contribution is -0.149. The van der Waals surface area contributed by atoms with Crippen molar-refractivity contribution in [1.82, 2.24) is 30.2 Å². The van der Waals surface area contributed by atoms with Crippen LogP contribution in [0.3, 0.4) is 0 Å². The number of nitrogens with one attached hydrogen (secondary N) is 2. The van der Waals surface area contributed by atoms with Gasteiger partial charge in [-0.3, -0.25) is 38.5 Å². The van der Waals surface area contributed by atoms with Crippen molar-refractivity contribution in [1.29, 1.82) is 0 Å². The van der Waals surface area contributed by atoms with Crippen LogP contribution in [0.1, 0.15) is 111 Å².